The van der Waals surface area contributed by atoms with Crippen molar-refractivity contribution in [1.29, 1.82) is 0 Å². The molecule has 1 aliphatic rings. The summed E-state index contributed by atoms with van der Waals surface area (Å²) in [7, 11) is 3.93. The van der Waals surface area contributed by atoms with Crippen molar-refractivity contribution < 1.29 is 50.1 Å². The quantitative estimate of drug-likeness (QED) is 0.565. The Balaban J connectivity index is 2.34. The van der Waals surface area contributed by atoms with E-state index in [0.29, 0.717) is 5.56 Å². The number of benzene rings is 1. The number of anilines is 1. The topological polar surface area (TPSA) is 103 Å². The number of hydrogen-bond donors (Lipinski definition) is 2. The van der Waals surface area contributed by atoms with E-state index in [0.717, 1.165) is 18.2 Å². The first-order chi connectivity index (χ1) is 17.2. The minimum Gasteiger partial charge on any atom is -0.493 e. The van der Waals surface area contributed by atoms with E-state index in [-0.39, 0.29) is 46.8 Å². The highest BCUT2D eigenvalue weighted by Gasteiger charge is 2.41. The number of carbonyl (C=O) groups is 2. The monoisotopic (exact) mass is 534 g/mol. The van der Waals surface area contributed by atoms with E-state index in [1.165, 1.54) is 32.7 Å². The molecule has 1 aliphatic carbocycles. The van der Waals surface area contributed by atoms with Crippen LogP contribution in [0.15, 0.2) is 29.1 Å². The van der Waals surface area contributed by atoms with Crippen molar-refractivity contribution in [2.75, 3.05) is 26.6 Å². The highest BCUT2D eigenvalue weighted by atomic mass is 19.4. The molecule has 37 heavy (non-hydrogen) atoms. The van der Waals surface area contributed by atoms with Gasteiger partial charge in [-0.2, -0.15) is 26.3 Å². The number of ether oxygens (including phenoxy) is 3. The number of amides is 2. The van der Waals surface area contributed by atoms with Gasteiger partial charge in [-0.1, -0.05) is 6.07 Å². The smallest absolute Gasteiger partial charge is 0.471 e. The van der Waals surface area contributed by atoms with E-state index < -0.39 is 41.3 Å². The number of hydrogen-bond acceptors (Lipinski definition) is 6. The predicted molar refractivity (Wildman–Crippen MR) is 118 cm³/mol. The van der Waals surface area contributed by atoms with Crippen molar-refractivity contribution >= 4 is 17.5 Å². The Kier molecular flexibility index (Phi) is 7.60. The zero-order chi connectivity index (χ0) is 27.7. The first-order valence-electron chi connectivity index (χ1n) is 10.5. The molecule has 3 rings (SSSR count). The van der Waals surface area contributed by atoms with Crippen LogP contribution in [0.25, 0.3) is 11.1 Å². The average molecular weight is 534 g/mol. The van der Waals surface area contributed by atoms with E-state index in [2.05, 4.69) is 0 Å². The summed E-state index contributed by atoms with van der Waals surface area (Å²) in [5.74, 6) is -4.30. The molecule has 0 aromatic heterocycles. The highest BCUT2D eigenvalue weighted by molar-refractivity contribution is 5.95. The Morgan fingerprint density at radius 1 is 0.892 bits per heavy atom. The summed E-state index contributed by atoms with van der Waals surface area (Å²) >= 11 is 0. The van der Waals surface area contributed by atoms with E-state index in [1.54, 1.807) is 0 Å². The van der Waals surface area contributed by atoms with Gasteiger partial charge in [0, 0.05) is 5.56 Å². The summed E-state index contributed by atoms with van der Waals surface area (Å²) < 4.78 is 93.6. The van der Waals surface area contributed by atoms with E-state index in [9.17, 15) is 40.7 Å². The maximum atomic E-state index is 13.1. The van der Waals surface area contributed by atoms with Crippen LogP contribution in [0, 0.1) is 0 Å². The molecular weight excluding hydrogens is 514 g/mol. The number of nitrogens with one attached hydrogen (secondary N) is 2. The molecule has 8 nitrogen and oxygen atoms in total. The molecule has 0 unspecified atom stereocenters. The van der Waals surface area contributed by atoms with Crippen molar-refractivity contribution in [3.63, 3.8) is 0 Å². The fourth-order valence-corrected chi connectivity index (χ4v) is 4.00. The summed E-state index contributed by atoms with van der Waals surface area (Å²) in [5.41, 5.74) is -1.27. The van der Waals surface area contributed by atoms with Crippen molar-refractivity contribution in [3.8, 4) is 28.4 Å². The molecule has 0 heterocycles. The molecule has 0 bridgehead atoms. The largest absolute Gasteiger partial charge is 0.493 e. The molecule has 14 heteroatoms. The van der Waals surface area contributed by atoms with Gasteiger partial charge in [-0.25, -0.2) is 0 Å². The normalized spacial score (nSPS) is 15.0. The van der Waals surface area contributed by atoms with Gasteiger partial charge in [-0.05, 0) is 47.7 Å². The van der Waals surface area contributed by atoms with E-state index >= 15 is 0 Å². The maximum absolute atomic E-state index is 13.1. The van der Waals surface area contributed by atoms with Gasteiger partial charge in [-0.15, -0.1) is 0 Å². The fourth-order valence-electron chi connectivity index (χ4n) is 4.00. The van der Waals surface area contributed by atoms with Gasteiger partial charge in [0.25, 0.3) is 0 Å². The number of methoxy groups -OCH3 is 3. The van der Waals surface area contributed by atoms with Gasteiger partial charge in [0.15, 0.2) is 11.5 Å². The van der Waals surface area contributed by atoms with Gasteiger partial charge >= 0.3 is 24.2 Å². The minimum atomic E-state index is -5.30. The summed E-state index contributed by atoms with van der Waals surface area (Å²) in [6.45, 7) is 0. The molecule has 2 amide bonds. The van der Waals surface area contributed by atoms with Crippen molar-refractivity contribution in [2.24, 2.45) is 0 Å². The maximum Gasteiger partial charge on any atom is 0.471 e. The predicted octanol–water partition coefficient (Wildman–Crippen LogP) is 3.91. The Hall–Kier alpha value is -3.97. The molecule has 1 atom stereocenters. The van der Waals surface area contributed by atoms with Gasteiger partial charge in [0.1, 0.15) is 0 Å². The van der Waals surface area contributed by atoms with Crippen LogP contribution in [0.1, 0.15) is 23.6 Å². The molecule has 0 spiro atoms. The second-order valence-corrected chi connectivity index (χ2v) is 7.82. The van der Waals surface area contributed by atoms with Crippen LogP contribution < -0.4 is 30.3 Å². The first-order valence-corrected chi connectivity index (χ1v) is 10.5. The van der Waals surface area contributed by atoms with Crippen LogP contribution in [-0.4, -0.2) is 45.5 Å². The molecule has 200 valence electrons. The van der Waals surface area contributed by atoms with Gasteiger partial charge < -0.3 is 24.8 Å². The first kappa shape index (κ1) is 27.6. The van der Waals surface area contributed by atoms with Crippen molar-refractivity contribution in [1.82, 2.24) is 5.32 Å². The van der Waals surface area contributed by atoms with Crippen LogP contribution in [0.5, 0.6) is 17.2 Å². The molecule has 0 saturated carbocycles. The van der Waals surface area contributed by atoms with Crippen LogP contribution in [0.3, 0.4) is 0 Å². The third kappa shape index (κ3) is 5.57. The zero-order valence-electron chi connectivity index (χ0n) is 19.5. The number of aryl methyl sites for hydroxylation is 1. The third-order valence-corrected chi connectivity index (χ3v) is 5.61. The Bertz CT molecular complexity index is 1290. The summed E-state index contributed by atoms with van der Waals surface area (Å²) in [4.78, 5) is 36.0. The van der Waals surface area contributed by atoms with E-state index in [1.807, 2.05) is 5.32 Å². The molecule has 2 aromatic rings. The number of rotatable bonds is 5. The molecule has 0 radical (unpaired) electrons. The Morgan fingerprint density at radius 3 is 2.05 bits per heavy atom. The zero-order valence-corrected chi connectivity index (χ0v) is 19.5. The van der Waals surface area contributed by atoms with Gasteiger partial charge in [-0.3, -0.25) is 14.4 Å². The van der Waals surface area contributed by atoms with Gasteiger partial charge in [0.2, 0.25) is 11.2 Å². The van der Waals surface area contributed by atoms with Crippen LogP contribution in [0.2, 0.25) is 0 Å². The number of fused-ring (bicyclic) bond motifs is 3. The molecular formula is C23H20F6N2O6. The molecule has 2 N–H and O–H groups in total. The van der Waals surface area contributed by atoms with Crippen LogP contribution in [-0.2, 0) is 16.0 Å². The SMILES string of the molecule is COc1cc2c(c(OC)c1OC)-c1ccc(NC(=O)C(F)(F)F)c(=O)cc1[C@@H](NC(=O)C(F)(F)F)CC2. The molecule has 0 saturated heterocycles. The van der Waals surface area contributed by atoms with E-state index in [4.69, 9.17) is 14.2 Å². The third-order valence-electron chi connectivity index (χ3n) is 5.61. The second kappa shape index (κ2) is 10.2. The fraction of sp³-hybridized carbons (Fsp3) is 0.348. The number of halogens is 6. The van der Waals surface area contributed by atoms with Crippen molar-refractivity contribution in [2.45, 2.75) is 31.2 Å². The number of alkyl halides is 6. The molecule has 2 aromatic carbocycles. The summed E-state index contributed by atoms with van der Waals surface area (Å²) in [6.07, 6.45) is -10.6. The Morgan fingerprint density at radius 2 is 1.51 bits per heavy atom. The standard InChI is InChI=1S/C23H20F6N2O6/c1-35-16-8-10-4-6-13(30-20(33)22(24,25)26)12-9-15(32)14(31-21(34)23(27,28)29)7-5-11(12)17(10)19(37-3)18(16)36-2/h5,7-9,13H,4,6H2,1-3H3,(H,30,33)(H,31,32,34)/t13-/m0/s1. The average Bonchev–Trinajstić information content (AvgIpc) is 3.06. The molecule has 0 aliphatic heterocycles. The summed E-state index contributed by atoms with van der Waals surface area (Å²) in [5, 5.41) is 3.30. The number of carbonyl (C=O) groups excluding carboxylic acids is 2. The Labute approximate surface area is 205 Å². The summed E-state index contributed by atoms with van der Waals surface area (Å²) in [6, 6.07) is 2.96. The lowest BCUT2D eigenvalue weighted by molar-refractivity contribution is -0.174. The van der Waals surface area contributed by atoms with Crippen LogP contribution in [0.4, 0.5) is 32.0 Å². The van der Waals surface area contributed by atoms with Crippen LogP contribution >= 0.6 is 0 Å². The van der Waals surface area contributed by atoms with Gasteiger partial charge in [0.05, 0.1) is 33.1 Å². The second-order valence-electron chi connectivity index (χ2n) is 7.82. The lowest BCUT2D eigenvalue weighted by atomic mass is 9.95. The minimum absolute atomic E-state index is 0.0578. The molecule has 0 fully saturated rings. The lowest BCUT2D eigenvalue weighted by Crippen LogP contribution is -2.39. The van der Waals surface area contributed by atoms with Crippen molar-refractivity contribution in [3.05, 3.63) is 45.6 Å². The lowest BCUT2D eigenvalue weighted by Gasteiger charge is -2.20. The highest BCUT2D eigenvalue weighted by Crippen LogP contribution is 2.50.